The van der Waals surface area contributed by atoms with Crippen molar-refractivity contribution >= 4 is 85.9 Å². The Morgan fingerprint density at radius 2 is 0.837 bits per heavy atom. The molecule has 526 valence electrons. The Morgan fingerprint density at radius 1 is 0.510 bits per heavy atom. The van der Waals surface area contributed by atoms with Gasteiger partial charge in [-0.05, 0) is 138 Å². The van der Waals surface area contributed by atoms with Crippen molar-refractivity contribution in [2.24, 2.45) is 15.7 Å². The number of ether oxygens (including phenoxy) is 2. The lowest BCUT2D eigenvalue weighted by molar-refractivity contribution is -0.118. The predicted octanol–water partition coefficient (Wildman–Crippen LogP) is 14.5. The summed E-state index contributed by atoms with van der Waals surface area (Å²) >= 11 is 25.6. The highest BCUT2D eigenvalue weighted by Crippen LogP contribution is 2.56. The second kappa shape index (κ2) is 30.6. The first kappa shape index (κ1) is 75.4. The average Bonchev–Trinajstić information content (AvgIpc) is 1.54. The molecule has 2 fully saturated rings. The molecule has 4 aromatic carbocycles. The summed E-state index contributed by atoms with van der Waals surface area (Å²) in [5.74, 6) is 2.19. The lowest BCUT2D eigenvalue weighted by atomic mass is 9.71. The Kier molecular flexibility index (Phi) is 23.5. The van der Waals surface area contributed by atoms with Crippen molar-refractivity contribution in [3.8, 4) is 11.5 Å². The molecule has 2 aromatic heterocycles. The van der Waals surface area contributed by atoms with E-state index in [9.17, 15) is 13.2 Å². The number of hydrogen-bond donors (Lipinski definition) is 1. The van der Waals surface area contributed by atoms with Gasteiger partial charge in [0.1, 0.15) is 55.2 Å². The largest absolute Gasteiger partial charge is 0.493 e. The fourth-order valence-electron chi connectivity index (χ4n) is 13.5. The minimum atomic E-state index is -3.03. The van der Waals surface area contributed by atoms with Crippen molar-refractivity contribution in [1.29, 1.82) is 0 Å². The number of amidine groups is 2. The summed E-state index contributed by atoms with van der Waals surface area (Å²) in [5.41, 5.74) is 7.46. The molecule has 2 N–H and O–H groups in total. The number of aromatic nitrogens is 2. The number of amides is 5. The third-order valence-corrected chi connectivity index (χ3v) is 22.6. The summed E-state index contributed by atoms with van der Waals surface area (Å²) < 4.78 is 36.6. The summed E-state index contributed by atoms with van der Waals surface area (Å²) in [6.07, 6.45) is 5.18. The topological polar surface area (TPSA) is 200 Å². The average molecular weight is 1440 g/mol. The van der Waals surface area contributed by atoms with Gasteiger partial charge in [-0.3, -0.25) is 44.3 Å². The van der Waals surface area contributed by atoms with Crippen LogP contribution in [0.2, 0.25) is 20.1 Å². The van der Waals surface area contributed by atoms with Crippen LogP contribution in [0.15, 0.2) is 132 Å². The van der Waals surface area contributed by atoms with Gasteiger partial charge < -0.3 is 25.0 Å². The first-order valence-electron chi connectivity index (χ1n) is 33.9. The summed E-state index contributed by atoms with van der Waals surface area (Å²) in [5, 5.41) is 2.40. The third-order valence-electron chi connectivity index (χ3n) is 19.8. The molecule has 23 heteroatoms. The number of urea groups is 2. The number of piperazine rings is 2. The van der Waals surface area contributed by atoms with Crippen molar-refractivity contribution < 1.29 is 32.3 Å². The van der Waals surface area contributed by atoms with Crippen LogP contribution in [0.3, 0.4) is 0 Å². The molecule has 0 radical (unpaired) electrons. The van der Waals surface area contributed by atoms with Crippen molar-refractivity contribution in [2.75, 3.05) is 90.2 Å². The molecular formula is C75H95Cl4N11O7S. The number of rotatable bonds is 19. The fourth-order valence-corrected chi connectivity index (χ4v) is 14.8. The van der Waals surface area contributed by atoms with Gasteiger partial charge in [-0.25, -0.2) is 18.0 Å². The van der Waals surface area contributed by atoms with Crippen LogP contribution in [0.1, 0.15) is 154 Å². The number of nitrogens with zero attached hydrogens (tertiary/aromatic N) is 10. The lowest BCUT2D eigenvalue weighted by Crippen LogP contribution is -2.60. The molecule has 0 bridgehead atoms. The Balaban J connectivity index is 0.000000229. The zero-order chi connectivity index (χ0) is 71.3. The van der Waals surface area contributed by atoms with Crippen molar-refractivity contribution in [2.45, 2.75) is 142 Å². The molecule has 98 heavy (non-hydrogen) atoms. The number of carbonyl (C=O) groups is 3. The first-order chi connectivity index (χ1) is 46.2. The molecule has 0 saturated carbocycles. The smallest absolute Gasteiger partial charge is 0.326 e. The van der Waals surface area contributed by atoms with Crippen LogP contribution < -0.4 is 15.2 Å². The molecule has 18 nitrogen and oxygen atoms in total. The standard InChI is InChI=1S/C38H49Cl2N5O4S.C37H46Cl2N6O3/c1-8-49-32-25-33(36(3,4)5)41-26-31(32)34-42-37(6,27-11-15-29(39)16-12-27)38(7,28-13-17-30(40)18-14-28)45(34)35(46)44-22-20-43(21-23-44)19-10-24-50(47,48)9-2;1-7-48-30-23-31(35(2,3)4)41-24-29(30)33-42-36(5,25-10-14-27(38)15-11-25)37(6,26-12-16-28(39)17-13-26)45(33)34(47)44-21-19-43(20-22-44)18-8-9-32(40)46/h11-18,25-26H,8-10,19-24H2,1-7H3;10-17,23-24H,7-9,18-22H2,1-6H3,(H2,40,46)/t37-,38+;36-,37+/m00/s1. The van der Waals surface area contributed by atoms with Crippen LogP contribution >= 0.6 is 46.4 Å². The van der Waals surface area contributed by atoms with E-state index < -0.39 is 32.0 Å². The third kappa shape index (κ3) is 15.8. The summed E-state index contributed by atoms with van der Waals surface area (Å²) in [4.78, 5) is 74.2. The number of halogens is 4. The number of aliphatic imine (C=N–C) groups is 2. The van der Waals surface area contributed by atoms with Gasteiger partial charge in [0.2, 0.25) is 5.91 Å². The van der Waals surface area contributed by atoms with E-state index in [1.54, 1.807) is 19.3 Å². The van der Waals surface area contributed by atoms with Crippen LogP contribution in [0.5, 0.6) is 11.5 Å². The monoisotopic (exact) mass is 1430 g/mol. The maximum absolute atomic E-state index is 15.2. The lowest BCUT2D eigenvalue weighted by Gasteiger charge is -2.47. The highest BCUT2D eigenvalue weighted by Gasteiger charge is 2.62. The van der Waals surface area contributed by atoms with Crippen LogP contribution in [0.25, 0.3) is 0 Å². The Bertz CT molecular complexity index is 4000. The Hall–Kier alpha value is -6.84. The quantitative estimate of drug-likeness (QED) is 0.0809. The van der Waals surface area contributed by atoms with E-state index >= 15 is 9.59 Å². The molecule has 0 unspecified atom stereocenters. The minimum Gasteiger partial charge on any atom is -0.493 e. The molecule has 4 aliphatic rings. The van der Waals surface area contributed by atoms with Gasteiger partial charge in [-0.1, -0.05) is 143 Å². The van der Waals surface area contributed by atoms with E-state index in [2.05, 4.69) is 79.0 Å². The number of carbonyl (C=O) groups excluding carboxylic acids is 3. The van der Waals surface area contributed by atoms with E-state index in [4.69, 9.17) is 81.6 Å². The highest BCUT2D eigenvalue weighted by molar-refractivity contribution is 7.91. The molecule has 5 amide bonds. The highest BCUT2D eigenvalue weighted by atomic mass is 35.5. The first-order valence-corrected chi connectivity index (χ1v) is 37.2. The van der Waals surface area contributed by atoms with E-state index in [1.807, 2.05) is 143 Å². The molecule has 0 spiro atoms. The number of primary amides is 1. The molecule has 6 aromatic rings. The van der Waals surface area contributed by atoms with E-state index in [1.165, 1.54) is 0 Å². The minimum absolute atomic E-state index is 0.149. The van der Waals surface area contributed by atoms with Gasteiger partial charge in [-0.15, -0.1) is 0 Å². The molecule has 4 atom stereocenters. The van der Waals surface area contributed by atoms with Gasteiger partial charge in [0.05, 0.1) is 30.1 Å². The van der Waals surface area contributed by atoms with Gasteiger partial charge in [0.25, 0.3) is 0 Å². The van der Waals surface area contributed by atoms with E-state index in [0.717, 1.165) is 40.2 Å². The Labute approximate surface area is 599 Å². The maximum Gasteiger partial charge on any atom is 0.326 e. The molecule has 10 rings (SSSR count). The van der Waals surface area contributed by atoms with E-state index in [0.29, 0.717) is 146 Å². The Morgan fingerprint density at radius 3 is 1.14 bits per heavy atom. The second-order valence-corrected chi connectivity index (χ2v) is 32.5. The summed E-state index contributed by atoms with van der Waals surface area (Å²) in [6, 6.07) is 34.1. The second-order valence-electron chi connectivity index (χ2n) is 28.2. The zero-order valence-electron chi connectivity index (χ0n) is 58.9. The zero-order valence-corrected chi connectivity index (χ0v) is 62.7. The number of nitrogens with two attached hydrogens (primary N) is 1. The predicted molar refractivity (Wildman–Crippen MR) is 394 cm³/mol. The van der Waals surface area contributed by atoms with E-state index in [-0.39, 0.29) is 40.3 Å². The fraction of sp³-hybridized carbons (Fsp3) is 0.480. The van der Waals surface area contributed by atoms with Gasteiger partial charge in [0, 0.05) is 131 Å². The van der Waals surface area contributed by atoms with Gasteiger partial charge in [0.15, 0.2) is 0 Å². The summed E-state index contributed by atoms with van der Waals surface area (Å²) in [6.45, 7) is 33.3. The summed E-state index contributed by atoms with van der Waals surface area (Å²) in [7, 11) is -3.03. The van der Waals surface area contributed by atoms with Gasteiger partial charge in [-0.2, -0.15) is 0 Å². The number of hydrogen-bond acceptors (Lipinski definition) is 13. The van der Waals surface area contributed by atoms with Crippen molar-refractivity contribution in [1.82, 2.24) is 39.4 Å². The van der Waals surface area contributed by atoms with Crippen LogP contribution in [-0.2, 0) is 47.6 Å². The van der Waals surface area contributed by atoms with Crippen LogP contribution in [0, 0.1) is 0 Å². The molecule has 2 saturated heterocycles. The molecular weight excluding hydrogens is 1340 g/mol. The SMILES string of the molecule is CCOc1cc(C(C)(C)C)ncc1C1=N[C@@](C)(c2ccc(Cl)cc2)[C@@](C)(c2ccc(Cl)cc2)N1C(=O)N1CCN(CCCC(N)=O)CC1.CCOc1cc(C(C)(C)C)ncc1C1=N[C@@](C)(c2ccc(Cl)cc2)[C@@](C)(c2ccc(Cl)cc2)N1C(=O)N1CCN(CCCS(=O)(=O)CC)CC1. The number of benzene rings is 4. The van der Waals surface area contributed by atoms with Crippen molar-refractivity contribution in [3.05, 3.63) is 186 Å². The van der Waals surface area contributed by atoms with Gasteiger partial charge >= 0.3 is 12.1 Å². The van der Waals surface area contributed by atoms with Crippen LogP contribution in [0.4, 0.5) is 9.59 Å². The normalized spacial score (nSPS) is 21.7. The molecule has 4 aliphatic heterocycles. The number of pyridine rings is 2. The number of sulfone groups is 1. The molecule has 6 heterocycles. The molecule has 0 aliphatic carbocycles. The van der Waals surface area contributed by atoms with Crippen molar-refractivity contribution in [3.63, 3.8) is 0 Å². The van der Waals surface area contributed by atoms with Crippen LogP contribution in [-0.4, -0.2) is 168 Å². The maximum atomic E-state index is 15.2.